The van der Waals surface area contributed by atoms with E-state index in [1.807, 2.05) is 0 Å². The van der Waals surface area contributed by atoms with Crippen molar-refractivity contribution in [1.82, 2.24) is 13.7 Å². The van der Waals surface area contributed by atoms with E-state index in [4.69, 9.17) is 0 Å². The molecule has 0 amide bonds. The third kappa shape index (κ3) is 4.43. The van der Waals surface area contributed by atoms with E-state index < -0.39 is 40.5 Å². The molecule has 0 atom stereocenters. The van der Waals surface area contributed by atoms with Gasteiger partial charge in [-0.25, -0.2) is 0 Å². The number of rotatable bonds is 3. The van der Waals surface area contributed by atoms with E-state index in [1.165, 1.54) is 13.7 Å². The van der Waals surface area contributed by atoms with Crippen LogP contribution in [0.3, 0.4) is 0 Å². The highest BCUT2D eigenvalue weighted by atomic mass is 19.4. The average molecular weight is 710 g/mol. The second-order valence-corrected chi connectivity index (χ2v) is 13.1. The van der Waals surface area contributed by atoms with Crippen molar-refractivity contribution in [1.29, 1.82) is 0 Å². The van der Waals surface area contributed by atoms with Gasteiger partial charge in [0.2, 0.25) is 0 Å². The topological polar surface area (TPSA) is 14.8 Å². The lowest BCUT2D eigenvalue weighted by molar-refractivity contribution is -0.141. The predicted molar refractivity (Wildman–Crippen MR) is 199 cm³/mol. The van der Waals surface area contributed by atoms with Gasteiger partial charge in [-0.2, -0.15) is 26.3 Å². The van der Waals surface area contributed by atoms with Gasteiger partial charge in [-0.15, -0.1) is 0 Å². The van der Waals surface area contributed by atoms with Gasteiger partial charge >= 0.3 is 12.4 Å². The molecule has 7 aromatic carbocycles. The normalized spacial score (nSPS) is 12.7. The van der Waals surface area contributed by atoms with Crippen LogP contribution in [0.1, 0.15) is 11.1 Å². The minimum Gasteiger partial charge on any atom is -0.309 e. The third-order valence-electron chi connectivity index (χ3n) is 10.3. The Labute approximate surface area is 297 Å². The van der Waals surface area contributed by atoms with E-state index in [-0.39, 0.29) is 0 Å². The van der Waals surface area contributed by atoms with E-state index in [0.29, 0.717) is 71.5 Å². The van der Waals surface area contributed by atoms with Gasteiger partial charge in [0.25, 0.3) is 0 Å². The second kappa shape index (κ2) is 11.0. The van der Waals surface area contributed by atoms with Gasteiger partial charge < -0.3 is 13.7 Å². The van der Waals surface area contributed by atoms with Crippen LogP contribution >= 0.6 is 0 Å². The smallest absolute Gasteiger partial charge is 0.309 e. The van der Waals surface area contributed by atoms with Crippen LogP contribution in [0.5, 0.6) is 0 Å². The van der Waals surface area contributed by atoms with Crippen molar-refractivity contribution >= 4 is 65.4 Å². The summed E-state index contributed by atoms with van der Waals surface area (Å²) in [7, 11) is 0. The molecular weight excluding hydrogens is 684 g/mol. The molecule has 0 spiro atoms. The van der Waals surface area contributed by atoms with Gasteiger partial charge in [0, 0.05) is 32.3 Å². The average Bonchev–Trinajstić information content (AvgIpc) is 3.79. The van der Waals surface area contributed by atoms with E-state index in [1.54, 1.807) is 146 Å². The molecule has 0 saturated heterocycles. The van der Waals surface area contributed by atoms with Crippen LogP contribution in [-0.4, -0.2) is 13.7 Å². The van der Waals surface area contributed by atoms with Gasteiger partial charge in [0.1, 0.15) is 5.56 Å². The second-order valence-electron chi connectivity index (χ2n) is 13.1. The fourth-order valence-electron chi connectivity index (χ4n) is 8.27. The van der Waals surface area contributed by atoms with Gasteiger partial charge in [-0.05, 0) is 42.5 Å². The molecule has 0 aliphatic carbocycles. The Hall–Kier alpha value is -6.48. The summed E-state index contributed by atoms with van der Waals surface area (Å²) in [5.41, 5.74) is -2.17. The number of fused-ring (bicyclic) bond motifs is 9. The molecule has 0 unspecified atom stereocenters. The lowest BCUT2D eigenvalue weighted by atomic mass is 10.00. The summed E-state index contributed by atoms with van der Waals surface area (Å²) in [6, 6.07) is 42.0. The van der Waals surface area contributed by atoms with Crippen LogP contribution in [0.2, 0.25) is 0 Å². The summed E-state index contributed by atoms with van der Waals surface area (Å²) in [4.78, 5) is 0. The highest BCUT2D eigenvalue weighted by Crippen LogP contribution is 2.51. The number of alkyl halides is 6. The zero-order chi connectivity index (χ0) is 36.2. The Morgan fingerprint density at radius 1 is 0.321 bits per heavy atom. The summed E-state index contributed by atoms with van der Waals surface area (Å²) < 4.78 is 102. The van der Waals surface area contributed by atoms with Crippen molar-refractivity contribution in [2.75, 3.05) is 0 Å². The third-order valence-corrected chi connectivity index (χ3v) is 10.3. The highest BCUT2D eigenvalue weighted by molar-refractivity contribution is 6.13. The summed E-state index contributed by atoms with van der Waals surface area (Å²) in [6.07, 6.45) is -10.2. The monoisotopic (exact) mass is 709 g/mol. The van der Waals surface area contributed by atoms with E-state index in [0.717, 1.165) is 0 Å². The molecule has 0 bridgehead atoms. The van der Waals surface area contributed by atoms with Crippen molar-refractivity contribution in [3.63, 3.8) is 0 Å². The zero-order valence-electron chi connectivity index (χ0n) is 27.5. The number of halogens is 6. The summed E-state index contributed by atoms with van der Waals surface area (Å²) in [5.74, 6) is 0. The molecule has 0 saturated carbocycles. The molecule has 0 N–H and O–H groups in total. The van der Waals surface area contributed by atoms with Gasteiger partial charge in [-0.1, -0.05) is 109 Å². The first-order chi connectivity index (χ1) is 25.6. The molecule has 0 aliphatic heterocycles. The number of nitrogens with zero attached hydrogens (tertiary/aromatic N) is 3. The molecular formula is C44H25F6N3. The fraction of sp³-hybridized carbons (Fsp3) is 0.0455. The molecule has 10 aromatic rings. The first-order valence-corrected chi connectivity index (χ1v) is 16.9. The molecule has 258 valence electrons. The lowest BCUT2D eigenvalue weighted by Gasteiger charge is -2.28. The van der Waals surface area contributed by atoms with E-state index in [2.05, 4.69) is 0 Å². The van der Waals surface area contributed by atoms with Crippen molar-refractivity contribution in [3.05, 3.63) is 163 Å². The Morgan fingerprint density at radius 3 is 0.906 bits per heavy atom. The number of benzene rings is 7. The maximum absolute atomic E-state index is 16.5. The highest BCUT2D eigenvalue weighted by Gasteiger charge is 2.46. The van der Waals surface area contributed by atoms with Crippen LogP contribution in [0, 0.1) is 0 Å². The standard InChI is InChI=1S/C44H25F6N3/c45-43(46,47)32-25-39(51-33-19-7-1-13-26(33)27-14-2-8-20-34(27)51)40(44(48,49)50)42(53-37-23-11-5-17-30(37)31-18-6-12-24-38(31)53)41(32)52-35-21-9-3-15-28(35)29-16-4-10-22-36(29)52/h1-25H. The molecule has 0 radical (unpaired) electrons. The van der Waals surface area contributed by atoms with Gasteiger partial charge in [0.05, 0.1) is 55.7 Å². The van der Waals surface area contributed by atoms with Gasteiger partial charge in [0.15, 0.2) is 0 Å². The molecule has 9 heteroatoms. The largest absolute Gasteiger partial charge is 0.420 e. The SMILES string of the molecule is FC(F)(F)c1cc(-n2c3ccccc3c3ccccc32)c(C(F)(F)F)c(-n2c3ccccc3c3ccccc32)c1-n1c2ccccc2c2ccccc21. The van der Waals surface area contributed by atoms with Crippen LogP contribution in [0.25, 0.3) is 82.5 Å². The Bertz CT molecular complexity index is 2940. The van der Waals surface area contributed by atoms with Crippen LogP contribution in [0.4, 0.5) is 26.3 Å². The number of aromatic nitrogens is 3. The molecule has 10 rings (SSSR count). The van der Waals surface area contributed by atoms with Crippen molar-refractivity contribution in [2.24, 2.45) is 0 Å². The minimum atomic E-state index is -5.14. The maximum atomic E-state index is 16.5. The van der Waals surface area contributed by atoms with Gasteiger partial charge in [-0.3, -0.25) is 0 Å². The Morgan fingerprint density at radius 2 is 0.604 bits per heavy atom. The van der Waals surface area contributed by atoms with Crippen LogP contribution in [-0.2, 0) is 12.4 Å². The predicted octanol–water partition coefficient (Wildman–Crippen LogP) is 13.0. The molecule has 0 fully saturated rings. The summed E-state index contributed by atoms with van der Waals surface area (Å²) >= 11 is 0. The van der Waals surface area contributed by atoms with Crippen molar-refractivity contribution in [3.8, 4) is 17.1 Å². The molecule has 3 heterocycles. The first kappa shape index (κ1) is 31.3. The number of para-hydroxylation sites is 6. The minimum absolute atomic E-state index is 0.341. The maximum Gasteiger partial charge on any atom is 0.420 e. The van der Waals surface area contributed by atoms with E-state index in [9.17, 15) is 0 Å². The molecule has 3 aromatic heterocycles. The number of hydrogen-bond donors (Lipinski definition) is 0. The quantitative estimate of drug-likeness (QED) is 0.162. The van der Waals surface area contributed by atoms with Crippen LogP contribution < -0.4 is 0 Å². The molecule has 53 heavy (non-hydrogen) atoms. The zero-order valence-corrected chi connectivity index (χ0v) is 27.5. The summed E-state index contributed by atoms with van der Waals surface area (Å²) in [6.45, 7) is 0. The molecule has 3 nitrogen and oxygen atoms in total. The fourth-order valence-corrected chi connectivity index (χ4v) is 8.27. The van der Waals surface area contributed by atoms with E-state index >= 15 is 26.3 Å². The number of hydrogen-bond acceptors (Lipinski definition) is 0. The van der Waals surface area contributed by atoms with Crippen molar-refractivity contribution in [2.45, 2.75) is 12.4 Å². The lowest BCUT2D eigenvalue weighted by Crippen LogP contribution is -2.22. The van der Waals surface area contributed by atoms with Crippen LogP contribution in [0.15, 0.2) is 152 Å². The Kier molecular flexibility index (Phi) is 6.50. The summed E-state index contributed by atoms with van der Waals surface area (Å²) in [5, 5.41) is 3.69. The van der Waals surface area contributed by atoms with Crippen molar-refractivity contribution < 1.29 is 26.3 Å². The molecule has 0 aliphatic rings. The Balaban J connectivity index is 1.54. The first-order valence-electron chi connectivity index (χ1n) is 16.9.